The van der Waals surface area contributed by atoms with Crippen molar-refractivity contribution >= 4 is 17.6 Å². The molecular weight excluding hydrogens is 418 g/mol. The highest BCUT2D eigenvalue weighted by Gasteiger charge is 2.28. The van der Waals surface area contributed by atoms with Crippen LogP contribution in [0.4, 0.5) is 14.5 Å². The van der Waals surface area contributed by atoms with Crippen molar-refractivity contribution in [2.45, 2.75) is 12.6 Å². The molecule has 0 heterocycles. The third kappa shape index (κ3) is 5.28. The molecule has 0 aromatic heterocycles. The average Bonchev–Trinajstić information content (AvgIpc) is 2.78. The summed E-state index contributed by atoms with van der Waals surface area (Å²) in [4.78, 5) is 25.7. The number of halogens is 2. The van der Waals surface area contributed by atoms with Gasteiger partial charge in [0.15, 0.2) is 17.7 Å². The number of aliphatic carboxylic acids is 1. The molecule has 0 aliphatic carbocycles. The van der Waals surface area contributed by atoms with E-state index >= 15 is 0 Å². The number of hydrogen-bond donors (Lipinski definition) is 2. The highest BCUT2D eigenvalue weighted by atomic mass is 19.2. The third-order valence-electron chi connectivity index (χ3n) is 5.00. The van der Waals surface area contributed by atoms with Gasteiger partial charge in [0.1, 0.15) is 0 Å². The second kappa shape index (κ2) is 10.0. The molecular formula is C24H22F2N2O4. The number of rotatable bonds is 8. The maximum absolute atomic E-state index is 13.5. The van der Waals surface area contributed by atoms with Crippen LogP contribution in [-0.4, -0.2) is 41.6 Å². The first-order valence-corrected chi connectivity index (χ1v) is 9.74. The fourth-order valence-electron chi connectivity index (χ4n) is 3.16. The second-order valence-electron chi connectivity index (χ2n) is 7.20. The molecule has 3 rings (SSSR count). The lowest BCUT2D eigenvalue weighted by molar-refractivity contribution is -0.144. The molecule has 1 atom stereocenters. The summed E-state index contributed by atoms with van der Waals surface area (Å²) in [6.07, 6.45) is 0. The molecule has 0 fully saturated rings. The molecule has 0 saturated heterocycles. The summed E-state index contributed by atoms with van der Waals surface area (Å²) in [5, 5.41) is 9.58. The molecule has 3 aromatic carbocycles. The number of benzene rings is 3. The Morgan fingerprint density at radius 2 is 1.66 bits per heavy atom. The summed E-state index contributed by atoms with van der Waals surface area (Å²) < 4.78 is 32.2. The van der Waals surface area contributed by atoms with E-state index in [9.17, 15) is 23.5 Å². The van der Waals surface area contributed by atoms with E-state index in [0.29, 0.717) is 11.1 Å². The van der Waals surface area contributed by atoms with Crippen LogP contribution in [0.1, 0.15) is 15.9 Å². The number of amides is 1. The monoisotopic (exact) mass is 440 g/mol. The van der Waals surface area contributed by atoms with Gasteiger partial charge in [-0.15, -0.1) is 0 Å². The number of carbonyl (C=O) groups is 2. The van der Waals surface area contributed by atoms with Crippen LogP contribution in [0.5, 0.6) is 0 Å². The first-order chi connectivity index (χ1) is 15.3. The quantitative estimate of drug-likeness (QED) is 0.518. The Hall–Kier alpha value is -3.78. The van der Waals surface area contributed by atoms with Crippen molar-refractivity contribution in [1.82, 2.24) is 4.90 Å². The summed E-state index contributed by atoms with van der Waals surface area (Å²) in [7, 11) is 1.36. The molecule has 6 nitrogen and oxygen atoms in total. The van der Waals surface area contributed by atoms with E-state index in [1.54, 1.807) is 0 Å². The number of ether oxygens (including phenoxy) is 1. The highest BCUT2D eigenvalue weighted by Crippen LogP contribution is 2.26. The molecule has 166 valence electrons. The van der Waals surface area contributed by atoms with E-state index in [0.717, 1.165) is 22.6 Å². The Labute approximate surface area is 183 Å². The van der Waals surface area contributed by atoms with Gasteiger partial charge in [0.25, 0.3) is 5.91 Å². The normalized spacial score (nSPS) is 11.7. The number of anilines is 1. The van der Waals surface area contributed by atoms with Gasteiger partial charge in [0.2, 0.25) is 0 Å². The molecule has 1 amide bonds. The average molecular weight is 440 g/mol. The SMILES string of the molecule is CN(C(=O)c1ccc(-c2ccc(F)c(F)c2)cc1N)C(COCc1ccccc1)C(=O)O. The minimum absolute atomic E-state index is 0.0819. The van der Waals surface area contributed by atoms with Gasteiger partial charge in [0, 0.05) is 12.7 Å². The van der Waals surface area contributed by atoms with Gasteiger partial charge >= 0.3 is 5.97 Å². The van der Waals surface area contributed by atoms with Gasteiger partial charge in [-0.3, -0.25) is 4.79 Å². The maximum atomic E-state index is 13.5. The molecule has 3 N–H and O–H groups in total. The lowest BCUT2D eigenvalue weighted by atomic mass is 10.0. The van der Waals surface area contributed by atoms with Crippen LogP contribution >= 0.6 is 0 Å². The summed E-state index contributed by atoms with van der Waals surface area (Å²) in [6.45, 7) is -0.00295. The fourth-order valence-corrected chi connectivity index (χ4v) is 3.16. The van der Waals surface area contributed by atoms with Crippen molar-refractivity contribution < 1.29 is 28.2 Å². The van der Waals surface area contributed by atoms with Crippen LogP contribution in [0.3, 0.4) is 0 Å². The molecule has 0 saturated carbocycles. The van der Waals surface area contributed by atoms with Crippen LogP contribution in [0.15, 0.2) is 66.7 Å². The maximum Gasteiger partial charge on any atom is 0.328 e. The highest BCUT2D eigenvalue weighted by molar-refractivity contribution is 6.01. The molecule has 0 bridgehead atoms. The van der Waals surface area contributed by atoms with Crippen LogP contribution in [0.25, 0.3) is 11.1 Å². The first-order valence-electron chi connectivity index (χ1n) is 9.74. The van der Waals surface area contributed by atoms with Gasteiger partial charge in [-0.1, -0.05) is 42.5 Å². The van der Waals surface area contributed by atoms with Gasteiger partial charge in [-0.2, -0.15) is 0 Å². The molecule has 0 aliphatic heterocycles. The van der Waals surface area contributed by atoms with E-state index in [1.807, 2.05) is 30.3 Å². The van der Waals surface area contributed by atoms with Crippen LogP contribution in [0.2, 0.25) is 0 Å². The van der Waals surface area contributed by atoms with E-state index in [2.05, 4.69) is 0 Å². The Balaban J connectivity index is 1.73. The topological polar surface area (TPSA) is 92.9 Å². The molecule has 0 spiro atoms. The molecule has 3 aromatic rings. The molecule has 1 unspecified atom stereocenters. The van der Waals surface area contributed by atoms with E-state index < -0.39 is 29.6 Å². The van der Waals surface area contributed by atoms with E-state index in [4.69, 9.17) is 10.5 Å². The Kier molecular flexibility index (Phi) is 7.17. The Bertz CT molecular complexity index is 1120. The Morgan fingerprint density at radius 3 is 2.28 bits per heavy atom. The predicted molar refractivity (Wildman–Crippen MR) is 116 cm³/mol. The third-order valence-corrected chi connectivity index (χ3v) is 5.00. The van der Waals surface area contributed by atoms with Crippen molar-refractivity contribution in [3.05, 3.63) is 89.5 Å². The number of carboxylic acid groups (broad SMARTS) is 1. The van der Waals surface area contributed by atoms with Crippen molar-refractivity contribution in [2.75, 3.05) is 19.4 Å². The first kappa shape index (κ1) is 22.9. The number of carboxylic acids is 1. The zero-order chi connectivity index (χ0) is 23.3. The molecule has 0 aliphatic rings. The number of nitrogens with zero attached hydrogens (tertiary/aromatic N) is 1. The minimum Gasteiger partial charge on any atom is -0.480 e. The Morgan fingerprint density at radius 1 is 1.00 bits per heavy atom. The van der Waals surface area contributed by atoms with E-state index in [-0.39, 0.29) is 24.5 Å². The number of hydrogen-bond acceptors (Lipinski definition) is 4. The number of carbonyl (C=O) groups excluding carboxylic acids is 1. The van der Waals surface area contributed by atoms with Crippen LogP contribution < -0.4 is 5.73 Å². The number of nitrogens with two attached hydrogens (primary N) is 1. The predicted octanol–water partition coefficient (Wildman–Crippen LogP) is 3.96. The summed E-state index contributed by atoms with van der Waals surface area (Å²) in [5.41, 5.74) is 7.95. The van der Waals surface area contributed by atoms with Crippen molar-refractivity contribution in [3.8, 4) is 11.1 Å². The van der Waals surface area contributed by atoms with Crippen molar-refractivity contribution in [1.29, 1.82) is 0 Å². The number of nitrogen functional groups attached to an aromatic ring is 1. The molecule has 0 radical (unpaired) electrons. The van der Waals surface area contributed by atoms with Gasteiger partial charge in [0.05, 0.1) is 18.8 Å². The zero-order valence-electron chi connectivity index (χ0n) is 17.3. The van der Waals surface area contributed by atoms with E-state index in [1.165, 1.54) is 31.3 Å². The lowest BCUT2D eigenvalue weighted by Gasteiger charge is -2.25. The van der Waals surface area contributed by atoms with Gasteiger partial charge < -0.3 is 20.5 Å². The van der Waals surface area contributed by atoms with Crippen LogP contribution in [0, 0.1) is 11.6 Å². The lowest BCUT2D eigenvalue weighted by Crippen LogP contribution is -2.45. The molecule has 32 heavy (non-hydrogen) atoms. The standard InChI is InChI=1S/C24H22F2N2O4/c1-28(22(24(30)31)14-32-13-15-5-3-2-4-6-15)23(29)18-9-7-17(12-21(18)27)16-8-10-19(25)20(26)11-16/h2-12,22H,13-14,27H2,1H3,(H,30,31). The van der Waals surface area contributed by atoms with Crippen molar-refractivity contribution in [3.63, 3.8) is 0 Å². The fraction of sp³-hybridized carbons (Fsp3) is 0.167. The van der Waals surface area contributed by atoms with Crippen LogP contribution in [-0.2, 0) is 16.1 Å². The summed E-state index contributed by atoms with van der Waals surface area (Å²) in [5.74, 6) is -3.79. The largest absolute Gasteiger partial charge is 0.480 e. The zero-order valence-corrected chi connectivity index (χ0v) is 17.3. The second-order valence-corrected chi connectivity index (χ2v) is 7.20. The van der Waals surface area contributed by atoms with Crippen molar-refractivity contribution in [2.24, 2.45) is 0 Å². The van der Waals surface area contributed by atoms with Gasteiger partial charge in [-0.25, -0.2) is 13.6 Å². The molecule has 8 heteroatoms. The summed E-state index contributed by atoms with van der Waals surface area (Å²) >= 11 is 0. The number of likely N-dealkylation sites (N-methyl/N-ethyl adjacent to an activating group) is 1. The van der Waals surface area contributed by atoms with Gasteiger partial charge in [-0.05, 0) is 41.0 Å². The smallest absolute Gasteiger partial charge is 0.328 e. The minimum atomic E-state index is -1.23. The summed E-state index contributed by atoms with van der Waals surface area (Å²) in [6, 6.07) is 15.9.